The van der Waals surface area contributed by atoms with Crippen molar-refractivity contribution in [1.82, 2.24) is 14.9 Å². The number of benzene rings is 3. The minimum absolute atomic E-state index is 0.0415. The average Bonchev–Trinajstić information content (AvgIpc) is 3.18. The monoisotopic (exact) mass is 461 g/mol. The molecule has 4 aromatic rings. The van der Waals surface area contributed by atoms with Gasteiger partial charge in [-0.1, -0.05) is 53.6 Å². The van der Waals surface area contributed by atoms with Crippen molar-refractivity contribution in [2.45, 2.75) is 32.7 Å². The van der Waals surface area contributed by atoms with E-state index in [1.54, 1.807) is 0 Å². The molecule has 0 radical (unpaired) electrons. The van der Waals surface area contributed by atoms with Crippen molar-refractivity contribution in [3.05, 3.63) is 94.8 Å². The van der Waals surface area contributed by atoms with Crippen LogP contribution in [-0.4, -0.2) is 28.6 Å². The van der Waals surface area contributed by atoms with Crippen molar-refractivity contribution in [2.24, 2.45) is 0 Å². The van der Waals surface area contributed by atoms with Gasteiger partial charge in [-0.05, 0) is 56.2 Å². The number of halogens is 1. The molecule has 33 heavy (non-hydrogen) atoms. The maximum Gasteiger partial charge on any atom is 0.251 e. The maximum absolute atomic E-state index is 12.3. The van der Waals surface area contributed by atoms with Gasteiger partial charge in [-0.25, -0.2) is 4.98 Å². The van der Waals surface area contributed by atoms with Gasteiger partial charge in [0.25, 0.3) is 5.91 Å². The highest BCUT2D eigenvalue weighted by atomic mass is 35.5. The fraction of sp³-hybridized carbons (Fsp3) is 0.259. The topological polar surface area (TPSA) is 56.2 Å². The number of amides is 1. The number of hydrogen-bond acceptors (Lipinski definition) is 3. The van der Waals surface area contributed by atoms with Gasteiger partial charge in [-0.3, -0.25) is 4.79 Å². The number of rotatable bonds is 10. The molecular weight excluding hydrogens is 434 g/mol. The van der Waals surface area contributed by atoms with E-state index in [0.29, 0.717) is 29.5 Å². The number of carbonyl (C=O) groups excluding carboxylic acids is 1. The number of nitrogens with one attached hydrogen (secondary N) is 1. The van der Waals surface area contributed by atoms with Crippen LogP contribution in [0.2, 0.25) is 5.02 Å². The molecule has 0 aliphatic carbocycles. The van der Waals surface area contributed by atoms with Gasteiger partial charge in [0, 0.05) is 25.1 Å². The highest BCUT2D eigenvalue weighted by Gasteiger charge is 2.11. The Morgan fingerprint density at radius 3 is 2.58 bits per heavy atom. The van der Waals surface area contributed by atoms with Crippen molar-refractivity contribution < 1.29 is 9.53 Å². The molecule has 0 aliphatic rings. The largest absolute Gasteiger partial charge is 0.492 e. The van der Waals surface area contributed by atoms with Crippen LogP contribution >= 0.6 is 11.6 Å². The minimum atomic E-state index is -0.0415. The van der Waals surface area contributed by atoms with E-state index in [9.17, 15) is 4.79 Å². The molecule has 6 heteroatoms. The first-order valence-corrected chi connectivity index (χ1v) is 11.7. The Morgan fingerprint density at radius 2 is 1.76 bits per heavy atom. The molecule has 4 rings (SSSR count). The molecule has 0 fully saturated rings. The SMILES string of the molecule is Cc1ccc(C(=O)NCCCc2nc3ccccc3n2CCCOc2ccccc2Cl)cc1. The highest BCUT2D eigenvalue weighted by molar-refractivity contribution is 6.32. The highest BCUT2D eigenvalue weighted by Crippen LogP contribution is 2.23. The van der Waals surface area contributed by atoms with Crippen LogP contribution in [0.5, 0.6) is 5.75 Å². The Labute approximate surface area is 199 Å². The molecule has 0 spiro atoms. The number of ether oxygens (including phenoxy) is 1. The molecule has 0 saturated carbocycles. The number of nitrogens with zero attached hydrogens (tertiary/aromatic N) is 2. The van der Waals surface area contributed by atoms with Crippen molar-refractivity contribution in [3.8, 4) is 5.75 Å². The molecule has 0 atom stereocenters. The third-order valence-electron chi connectivity index (χ3n) is 5.53. The first-order chi connectivity index (χ1) is 16.1. The number of imidazole rings is 1. The second-order valence-electron chi connectivity index (χ2n) is 8.03. The second-order valence-corrected chi connectivity index (χ2v) is 8.43. The number of hydrogen-bond donors (Lipinski definition) is 1. The van der Waals surface area contributed by atoms with E-state index < -0.39 is 0 Å². The van der Waals surface area contributed by atoms with Crippen LogP contribution in [0, 0.1) is 6.92 Å². The van der Waals surface area contributed by atoms with Crippen LogP contribution in [0.3, 0.4) is 0 Å². The predicted octanol–water partition coefficient (Wildman–Crippen LogP) is 5.83. The Balaban J connectivity index is 1.33. The quantitative estimate of drug-likeness (QED) is 0.302. The number of aryl methyl sites for hydroxylation is 3. The molecule has 170 valence electrons. The molecule has 3 aromatic carbocycles. The van der Waals surface area contributed by atoms with Gasteiger partial charge >= 0.3 is 0 Å². The summed E-state index contributed by atoms with van der Waals surface area (Å²) in [7, 11) is 0. The smallest absolute Gasteiger partial charge is 0.251 e. The zero-order chi connectivity index (χ0) is 23.0. The van der Waals surface area contributed by atoms with Crippen LogP contribution < -0.4 is 10.1 Å². The summed E-state index contributed by atoms with van der Waals surface area (Å²) < 4.78 is 8.11. The van der Waals surface area contributed by atoms with Gasteiger partial charge in [-0.2, -0.15) is 0 Å². The normalized spacial score (nSPS) is 11.0. The Morgan fingerprint density at radius 1 is 1.00 bits per heavy atom. The van der Waals surface area contributed by atoms with Crippen molar-refractivity contribution >= 4 is 28.5 Å². The molecule has 1 heterocycles. The van der Waals surface area contributed by atoms with Gasteiger partial charge in [-0.15, -0.1) is 0 Å². The van der Waals surface area contributed by atoms with Gasteiger partial charge < -0.3 is 14.6 Å². The van der Waals surface area contributed by atoms with Gasteiger partial charge in [0.15, 0.2) is 0 Å². The second kappa shape index (κ2) is 11.0. The molecule has 1 N–H and O–H groups in total. The summed E-state index contributed by atoms with van der Waals surface area (Å²) in [4.78, 5) is 17.2. The van der Waals surface area contributed by atoms with Gasteiger partial charge in [0.05, 0.1) is 22.7 Å². The lowest BCUT2D eigenvalue weighted by Gasteiger charge is -2.11. The summed E-state index contributed by atoms with van der Waals surface area (Å²) in [5, 5.41) is 3.63. The first-order valence-electron chi connectivity index (χ1n) is 11.3. The zero-order valence-electron chi connectivity index (χ0n) is 18.8. The standard InChI is InChI=1S/C27H28ClN3O2/c1-20-13-15-21(16-14-20)27(32)29-17-6-12-26-30-23-9-3-4-10-24(23)31(26)18-7-19-33-25-11-5-2-8-22(25)28/h2-5,8-11,13-16H,6-7,12,17-19H2,1H3,(H,29,32). The van der Waals surface area contributed by atoms with Crippen LogP contribution in [0.25, 0.3) is 11.0 Å². The van der Waals surface area contributed by atoms with E-state index in [2.05, 4.69) is 16.0 Å². The van der Waals surface area contributed by atoms with E-state index in [0.717, 1.165) is 48.2 Å². The zero-order valence-corrected chi connectivity index (χ0v) is 19.5. The molecule has 1 amide bonds. The lowest BCUT2D eigenvalue weighted by atomic mass is 10.1. The Bertz CT molecular complexity index is 1220. The minimum Gasteiger partial charge on any atom is -0.492 e. The maximum atomic E-state index is 12.3. The summed E-state index contributed by atoms with van der Waals surface area (Å²) in [5.74, 6) is 1.69. The van der Waals surface area contributed by atoms with Crippen molar-refractivity contribution in [3.63, 3.8) is 0 Å². The van der Waals surface area contributed by atoms with Crippen LogP contribution in [0.4, 0.5) is 0 Å². The van der Waals surface area contributed by atoms with Crippen LogP contribution in [0.1, 0.15) is 34.6 Å². The number of para-hydroxylation sites is 3. The Hall–Kier alpha value is -3.31. The van der Waals surface area contributed by atoms with E-state index in [1.807, 2.05) is 73.7 Å². The summed E-state index contributed by atoms with van der Waals surface area (Å²) in [6.07, 6.45) is 2.44. The molecule has 0 aliphatic heterocycles. The number of aromatic nitrogens is 2. The molecule has 0 saturated heterocycles. The number of carbonyl (C=O) groups is 1. The molecule has 0 bridgehead atoms. The van der Waals surface area contributed by atoms with Crippen molar-refractivity contribution in [1.29, 1.82) is 0 Å². The predicted molar refractivity (Wildman–Crippen MR) is 133 cm³/mol. The summed E-state index contributed by atoms with van der Waals surface area (Å²) in [5.41, 5.74) is 3.94. The number of fused-ring (bicyclic) bond motifs is 1. The Kier molecular flexibility index (Phi) is 7.63. The fourth-order valence-corrected chi connectivity index (χ4v) is 3.98. The van der Waals surface area contributed by atoms with Gasteiger partial charge in [0.1, 0.15) is 11.6 Å². The summed E-state index contributed by atoms with van der Waals surface area (Å²) in [6, 6.07) is 23.3. The third kappa shape index (κ3) is 5.93. The fourth-order valence-electron chi connectivity index (χ4n) is 3.79. The lowest BCUT2D eigenvalue weighted by Crippen LogP contribution is -2.25. The lowest BCUT2D eigenvalue weighted by molar-refractivity contribution is 0.0953. The average molecular weight is 462 g/mol. The molecular formula is C27H28ClN3O2. The van der Waals surface area contributed by atoms with Crippen LogP contribution in [-0.2, 0) is 13.0 Å². The van der Waals surface area contributed by atoms with Crippen molar-refractivity contribution in [2.75, 3.05) is 13.2 Å². The summed E-state index contributed by atoms with van der Waals surface area (Å²) in [6.45, 7) is 3.99. The van der Waals surface area contributed by atoms with E-state index in [4.69, 9.17) is 21.3 Å². The molecule has 5 nitrogen and oxygen atoms in total. The van der Waals surface area contributed by atoms with E-state index in [-0.39, 0.29) is 5.91 Å². The van der Waals surface area contributed by atoms with E-state index in [1.165, 1.54) is 0 Å². The molecule has 0 unspecified atom stereocenters. The van der Waals surface area contributed by atoms with E-state index >= 15 is 0 Å². The third-order valence-corrected chi connectivity index (χ3v) is 5.84. The van der Waals surface area contributed by atoms with Gasteiger partial charge in [0.2, 0.25) is 0 Å². The van der Waals surface area contributed by atoms with Crippen LogP contribution in [0.15, 0.2) is 72.8 Å². The molecule has 1 aromatic heterocycles. The summed E-state index contributed by atoms with van der Waals surface area (Å²) >= 11 is 6.18. The first kappa shape index (κ1) is 22.9.